The van der Waals surface area contributed by atoms with Gasteiger partial charge in [-0.3, -0.25) is 14.6 Å². The maximum Gasteiger partial charge on any atom is 0.547 e. The molecule has 0 saturated carbocycles. The molecule has 2 N–H and O–H groups in total. The van der Waals surface area contributed by atoms with Crippen molar-refractivity contribution in [2.45, 2.75) is 32.6 Å². The number of amides is 1. The number of nitrogens with zero attached hydrogens (tertiary/aromatic N) is 1. The minimum Gasteiger partial charge on any atom is -0.534 e. The highest BCUT2D eigenvalue weighted by molar-refractivity contribution is 6.47. The lowest BCUT2D eigenvalue weighted by Gasteiger charge is -2.29. The first-order chi connectivity index (χ1) is 14.4. The van der Waals surface area contributed by atoms with Crippen LogP contribution in [0.25, 0.3) is 0 Å². The molecule has 3 rings (SSSR count). The summed E-state index contributed by atoms with van der Waals surface area (Å²) in [5.74, 6) is -1.92. The largest absolute Gasteiger partial charge is 0.547 e. The second kappa shape index (κ2) is 11.6. The molecule has 0 bridgehead atoms. The summed E-state index contributed by atoms with van der Waals surface area (Å²) in [7, 11) is -1.28. The van der Waals surface area contributed by atoms with Crippen LogP contribution in [-0.4, -0.2) is 47.7 Å². The van der Waals surface area contributed by atoms with Crippen LogP contribution >= 0.6 is 0 Å². The quantitative estimate of drug-likeness (QED) is 0.426. The number of nitrogens with one attached hydrogen (secondary N) is 1. The third-order valence-corrected chi connectivity index (χ3v) is 4.03. The predicted octanol–water partition coefficient (Wildman–Crippen LogP) is 1.29. The summed E-state index contributed by atoms with van der Waals surface area (Å²) >= 11 is 0. The van der Waals surface area contributed by atoms with Gasteiger partial charge in [-0.15, -0.1) is 0 Å². The highest BCUT2D eigenvalue weighted by Crippen LogP contribution is 2.30. The zero-order valence-corrected chi connectivity index (χ0v) is 16.7. The van der Waals surface area contributed by atoms with Crippen molar-refractivity contribution in [3.63, 3.8) is 0 Å². The summed E-state index contributed by atoms with van der Waals surface area (Å²) in [5.41, 5.74) is 0.766. The van der Waals surface area contributed by atoms with Crippen molar-refractivity contribution in [2.24, 2.45) is 0 Å². The second-order valence-corrected chi connectivity index (χ2v) is 6.24. The predicted molar refractivity (Wildman–Crippen MR) is 107 cm³/mol. The Morgan fingerprint density at radius 2 is 1.93 bits per heavy atom. The van der Waals surface area contributed by atoms with E-state index in [-0.39, 0.29) is 17.2 Å². The third-order valence-electron chi connectivity index (χ3n) is 4.03. The lowest BCUT2D eigenvalue weighted by Crippen LogP contribution is -2.53. The Bertz CT molecular complexity index is 837. The van der Waals surface area contributed by atoms with Gasteiger partial charge in [0.05, 0.1) is 5.94 Å². The van der Waals surface area contributed by atoms with E-state index in [1.807, 2.05) is 18.2 Å². The molecule has 9 nitrogen and oxygen atoms in total. The lowest BCUT2D eigenvalue weighted by atomic mass is 9.72. The lowest BCUT2D eigenvalue weighted by molar-refractivity contribution is -0.149. The number of aromatic nitrogens is 1. The molecule has 0 radical (unpaired) electrons. The van der Waals surface area contributed by atoms with Crippen molar-refractivity contribution in [1.29, 1.82) is 0 Å². The van der Waals surface area contributed by atoms with Crippen molar-refractivity contribution in [2.75, 3.05) is 6.79 Å². The molecule has 1 aliphatic rings. The smallest absolute Gasteiger partial charge is 0.534 e. The summed E-state index contributed by atoms with van der Waals surface area (Å²) in [5, 5.41) is 12.7. The number of hydrogen-bond donors (Lipinski definition) is 2. The first-order valence-electron chi connectivity index (χ1n) is 9.33. The van der Waals surface area contributed by atoms with Gasteiger partial charge in [0.15, 0.2) is 0 Å². The number of carbonyl (C=O) groups excluding carboxylic acids is 3. The highest BCUT2D eigenvalue weighted by atomic mass is 16.7. The monoisotopic (exact) mass is 414 g/mol. The van der Waals surface area contributed by atoms with Crippen LogP contribution in [0.2, 0.25) is 0 Å². The molecule has 158 valence electrons. The molecule has 1 aliphatic heterocycles. The number of esters is 2. The van der Waals surface area contributed by atoms with Crippen molar-refractivity contribution < 1.29 is 33.5 Å². The molecule has 0 fully saturated rings. The average molecular weight is 414 g/mol. The van der Waals surface area contributed by atoms with E-state index < -0.39 is 31.8 Å². The van der Waals surface area contributed by atoms with E-state index in [9.17, 15) is 19.4 Å². The Morgan fingerprint density at radius 1 is 1.20 bits per heavy atom. The Labute approximate surface area is 174 Å². The number of fused-ring (bicyclic) bond motifs is 1. The van der Waals surface area contributed by atoms with Crippen LogP contribution in [0, 0.1) is 0 Å². The summed E-state index contributed by atoms with van der Waals surface area (Å²) in [6.07, 6.45) is 4.10. The molecule has 1 atom stereocenters. The molecule has 0 spiro atoms. The topological polar surface area (TPSA) is 124 Å². The Morgan fingerprint density at radius 3 is 2.50 bits per heavy atom. The number of para-hydroxylation sites is 1. The number of benzene rings is 1. The van der Waals surface area contributed by atoms with E-state index in [0.717, 1.165) is 0 Å². The third kappa shape index (κ3) is 6.89. The van der Waals surface area contributed by atoms with E-state index in [1.165, 1.54) is 13.0 Å². The van der Waals surface area contributed by atoms with Crippen LogP contribution < -0.4 is 9.97 Å². The number of ether oxygens (including phenoxy) is 2. The van der Waals surface area contributed by atoms with Gasteiger partial charge in [0, 0.05) is 25.7 Å². The second-order valence-electron chi connectivity index (χ2n) is 6.24. The molecule has 1 amide bonds. The SMILES string of the molecule is CCC(=O)NC1Cc2cccc(C(=O)OCOC(C)=O)c2OB1O.c1ccncc1. The van der Waals surface area contributed by atoms with Crippen molar-refractivity contribution >= 4 is 25.0 Å². The number of rotatable bonds is 5. The van der Waals surface area contributed by atoms with Gasteiger partial charge in [-0.25, -0.2) is 4.79 Å². The molecular formula is C20H23BN2O7. The van der Waals surface area contributed by atoms with Crippen molar-refractivity contribution in [3.8, 4) is 5.75 Å². The van der Waals surface area contributed by atoms with Crippen LogP contribution in [0.15, 0.2) is 48.8 Å². The van der Waals surface area contributed by atoms with E-state index in [0.29, 0.717) is 18.4 Å². The Hall–Kier alpha value is -3.40. The van der Waals surface area contributed by atoms with Crippen LogP contribution in [0.5, 0.6) is 5.75 Å². The molecule has 1 aromatic carbocycles. The van der Waals surface area contributed by atoms with E-state index in [2.05, 4.69) is 15.0 Å². The molecule has 2 heterocycles. The molecule has 30 heavy (non-hydrogen) atoms. The molecule has 1 aromatic heterocycles. The van der Waals surface area contributed by atoms with E-state index >= 15 is 0 Å². The number of carbonyl (C=O) groups is 3. The number of hydrogen-bond acceptors (Lipinski definition) is 8. The molecule has 0 saturated heterocycles. The minimum absolute atomic E-state index is 0.110. The molecular weight excluding hydrogens is 391 g/mol. The van der Waals surface area contributed by atoms with Crippen molar-refractivity contribution in [3.05, 3.63) is 59.9 Å². The fraction of sp³-hybridized carbons (Fsp3) is 0.300. The van der Waals surface area contributed by atoms with Crippen LogP contribution in [0.3, 0.4) is 0 Å². The zero-order valence-electron chi connectivity index (χ0n) is 16.7. The van der Waals surface area contributed by atoms with Gasteiger partial charge in [0.2, 0.25) is 12.7 Å². The minimum atomic E-state index is -1.28. The van der Waals surface area contributed by atoms with Crippen LogP contribution in [-0.2, 0) is 25.5 Å². The van der Waals surface area contributed by atoms with Gasteiger partial charge in [0.25, 0.3) is 0 Å². The Balaban J connectivity index is 0.000000456. The molecule has 0 aliphatic carbocycles. The maximum absolute atomic E-state index is 12.1. The van der Waals surface area contributed by atoms with Gasteiger partial charge in [-0.05, 0) is 30.2 Å². The van der Waals surface area contributed by atoms with Gasteiger partial charge >= 0.3 is 19.1 Å². The van der Waals surface area contributed by atoms with Gasteiger partial charge in [0.1, 0.15) is 11.3 Å². The van der Waals surface area contributed by atoms with Gasteiger partial charge < -0.3 is 24.5 Å². The first kappa shape index (κ1) is 22.9. The van der Waals surface area contributed by atoms with E-state index in [1.54, 1.807) is 31.5 Å². The fourth-order valence-corrected chi connectivity index (χ4v) is 2.57. The molecule has 1 unspecified atom stereocenters. The highest BCUT2D eigenvalue weighted by Gasteiger charge is 2.37. The number of pyridine rings is 1. The molecule has 10 heteroatoms. The summed E-state index contributed by atoms with van der Waals surface area (Å²) in [6, 6.07) is 10.6. The van der Waals surface area contributed by atoms with Crippen LogP contribution in [0.4, 0.5) is 0 Å². The maximum atomic E-state index is 12.1. The fourth-order valence-electron chi connectivity index (χ4n) is 2.57. The van der Waals surface area contributed by atoms with Crippen LogP contribution in [0.1, 0.15) is 36.2 Å². The normalized spacial score (nSPS) is 14.2. The summed E-state index contributed by atoms with van der Waals surface area (Å²) in [4.78, 5) is 38.0. The van der Waals surface area contributed by atoms with Crippen molar-refractivity contribution in [1.82, 2.24) is 10.3 Å². The summed E-state index contributed by atoms with van der Waals surface area (Å²) < 4.78 is 14.8. The van der Waals surface area contributed by atoms with Gasteiger partial charge in [-0.1, -0.05) is 25.1 Å². The molecule has 2 aromatic rings. The zero-order chi connectivity index (χ0) is 21.9. The summed E-state index contributed by atoms with van der Waals surface area (Å²) in [6.45, 7) is 2.40. The van der Waals surface area contributed by atoms with Gasteiger partial charge in [-0.2, -0.15) is 0 Å². The Kier molecular flexibility index (Phi) is 8.83. The standard InChI is InChI=1S/C15H18BNO7.C5H5N/c1-3-13(19)17-12-7-10-5-4-6-11(14(10)24-16(12)21)15(20)23-8-22-9(2)18;1-2-4-6-5-3-1/h4-6,12,21H,3,7-8H2,1-2H3,(H,17,19);1-5H. The average Bonchev–Trinajstić information content (AvgIpc) is 2.75. The van der Waals surface area contributed by atoms with E-state index in [4.69, 9.17) is 9.39 Å². The first-order valence-corrected chi connectivity index (χ1v) is 9.33.